The maximum absolute atomic E-state index is 13.5. The second-order valence-corrected chi connectivity index (χ2v) is 6.93. The van der Waals surface area contributed by atoms with Crippen LogP contribution in [0, 0.1) is 18.6 Å². The number of fused-ring (bicyclic) bond motifs is 1. The van der Waals surface area contributed by atoms with Gasteiger partial charge in [0.15, 0.2) is 11.6 Å². The number of hydrogen-bond acceptors (Lipinski definition) is 5. The predicted octanol–water partition coefficient (Wildman–Crippen LogP) is 2.80. The molecule has 146 valence electrons. The molecule has 0 saturated carbocycles. The number of anilines is 1. The number of carbonyl (C=O) groups excluding carboxylic acids is 1. The average Bonchev–Trinajstić information content (AvgIpc) is 3.10. The highest BCUT2D eigenvalue weighted by atomic mass is 35.5. The topological polar surface area (TPSA) is 73.4 Å². The van der Waals surface area contributed by atoms with E-state index in [9.17, 15) is 13.6 Å². The molecule has 0 unspecified atom stereocenters. The number of benzene rings is 1. The molecule has 7 nitrogen and oxygen atoms in total. The number of nitrogens with one attached hydrogen (secondary N) is 2. The van der Waals surface area contributed by atoms with E-state index in [0.717, 1.165) is 17.5 Å². The van der Waals surface area contributed by atoms with Crippen LogP contribution in [0.4, 0.5) is 19.3 Å². The molecule has 0 atom stereocenters. The fourth-order valence-corrected chi connectivity index (χ4v) is 3.35. The summed E-state index contributed by atoms with van der Waals surface area (Å²) in [6, 6.07) is 3.69. The Morgan fingerprint density at radius 3 is 2.86 bits per heavy atom. The number of nitrogens with zero attached hydrogens (tertiary/aromatic N) is 4. The van der Waals surface area contributed by atoms with E-state index in [1.165, 1.54) is 18.2 Å². The zero-order chi connectivity index (χ0) is 19.8. The molecule has 1 fully saturated rings. The zero-order valence-electron chi connectivity index (χ0n) is 15.0. The first-order valence-electron chi connectivity index (χ1n) is 8.66. The first kappa shape index (κ1) is 18.6. The van der Waals surface area contributed by atoms with Crippen molar-refractivity contribution in [3.63, 3.8) is 0 Å². The van der Waals surface area contributed by atoms with Crippen LogP contribution in [0.15, 0.2) is 30.1 Å². The van der Waals surface area contributed by atoms with Crippen molar-refractivity contribution >= 4 is 28.9 Å². The number of amides is 2. The summed E-state index contributed by atoms with van der Waals surface area (Å²) in [4.78, 5) is 22.6. The molecular formula is C18H17ClF2N6O. The molecule has 2 aliphatic heterocycles. The second-order valence-electron chi connectivity index (χ2n) is 6.52. The largest absolute Gasteiger partial charge is 0.322 e. The van der Waals surface area contributed by atoms with Crippen LogP contribution in [0.2, 0.25) is 5.02 Å². The van der Waals surface area contributed by atoms with E-state index < -0.39 is 11.6 Å². The summed E-state index contributed by atoms with van der Waals surface area (Å²) >= 11 is 5.76. The summed E-state index contributed by atoms with van der Waals surface area (Å²) in [5.41, 5.74) is 5.61. The summed E-state index contributed by atoms with van der Waals surface area (Å²) in [7, 11) is 0. The standard InChI is InChI=1S/C18H17ClF2N6O/c1-10-15(21)8-22-17(24-10)12-7-23-27-5-4-26(9-16(12)27)18(28)25-11-2-3-14(20)13(19)6-11/h2-3,6,8,23H,4-5,7,9H2,1H3,(H,25,28). The molecule has 4 rings (SSSR count). The SMILES string of the molecule is Cc1nc(C2=C3CN(C(=O)Nc4ccc(F)c(Cl)c4)CCN3NC2)ncc1F. The maximum atomic E-state index is 13.5. The lowest BCUT2D eigenvalue weighted by molar-refractivity contribution is 0.162. The van der Waals surface area contributed by atoms with Gasteiger partial charge in [0.05, 0.1) is 35.7 Å². The van der Waals surface area contributed by atoms with Gasteiger partial charge in [0.2, 0.25) is 0 Å². The monoisotopic (exact) mass is 406 g/mol. The van der Waals surface area contributed by atoms with Crippen LogP contribution < -0.4 is 10.7 Å². The lowest BCUT2D eigenvalue weighted by atomic mass is 10.1. The molecule has 28 heavy (non-hydrogen) atoms. The van der Waals surface area contributed by atoms with Crippen LogP contribution in [-0.4, -0.2) is 52.1 Å². The van der Waals surface area contributed by atoms with Gasteiger partial charge < -0.3 is 15.2 Å². The van der Waals surface area contributed by atoms with Crippen LogP contribution in [0.5, 0.6) is 0 Å². The van der Waals surface area contributed by atoms with Crippen LogP contribution in [0.1, 0.15) is 11.5 Å². The Labute approximate surface area is 165 Å². The number of urea groups is 1. The molecular weight excluding hydrogens is 390 g/mol. The number of aryl methyl sites for hydroxylation is 1. The number of carbonyl (C=O) groups is 1. The fraction of sp³-hybridized carbons (Fsp3) is 0.278. The number of hydrogen-bond donors (Lipinski definition) is 2. The molecule has 2 aliphatic rings. The minimum Gasteiger partial charge on any atom is -0.317 e. The number of hydrazine groups is 1. The molecule has 2 amide bonds. The van der Waals surface area contributed by atoms with Gasteiger partial charge >= 0.3 is 6.03 Å². The highest BCUT2D eigenvalue weighted by Gasteiger charge is 2.32. The maximum Gasteiger partial charge on any atom is 0.322 e. The first-order valence-corrected chi connectivity index (χ1v) is 9.03. The Hall–Kier alpha value is -2.78. The van der Waals surface area contributed by atoms with Crippen molar-refractivity contribution in [1.82, 2.24) is 25.3 Å². The zero-order valence-corrected chi connectivity index (χ0v) is 15.7. The third-order valence-corrected chi connectivity index (χ3v) is 4.99. The average molecular weight is 407 g/mol. The fourth-order valence-electron chi connectivity index (χ4n) is 3.17. The quantitative estimate of drug-likeness (QED) is 0.802. The summed E-state index contributed by atoms with van der Waals surface area (Å²) < 4.78 is 26.8. The van der Waals surface area contributed by atoms with Crippen molar-refractivity contribution in [2.45, 2.75) is 6.92 Å². The smallest absolute Gasteiger partial charge is 0.317 e. The minimum absolute atomic E-state index is 0.0589. The van der Waals surface area contributed by atoms with E-state index in [1.54, 1.807) is 11.8 Å². The number of aromatic nitrogens is 2. The van der Waals surface area contributed by atoms with E-state index in [4.69, 9.17) is 11.6 Å². The van der Waals surface area contributed by atoms with Crippen LogP contribution in [0.25, 0.3) is 5.57 Å². The van der Waals surface area contributed by atoms with E-state index in [1.807, 2.05) is 5.01 Å². The molecule has 2 aromatic rings. The first-order chi connectivity index (χ1) is 13.4. The molecule has 3 heterocycles. The Balaban J connectivity index is 1.54. The second kappa shape index (κ2) is 7.33. The summed E-state index contributed by atoms with van der Waals surface area (Å²) in [6.45, 7) is 3.50. The number of piperazine rings is 1. The molecule has 0 spiro atoms. The van der Waals surface area contributed by atoms with E-state index in [-0.39, 0.29) is 16.7 Å². The van der Waals surface area contributed by atoms with Gasteiger partial charge in [0.1, 0.15) is 5.82 Å². The molecule has 0 aliphatic carbocycles. The van der Waals surface area contributed by atoms with Gasteiger partial charge in [0, 0.05) is 24.4 Å². The summed E-state index contributed by atoms with van der Waals surface area (Å²) in [5.74, 6) is -0.564. The Kier molecular flexibility index (Phi) is 4.86. The molecule has 0 bridgehead atoms. The number of halogens is 3. The van der Waals surface area contributed by atoms with E-state index in [0.29, 0.717) is 37.7 Å². The van der Waals surface area contributed by atoms with Gasteiger partial charge in [-0.15, -0.1) is 0 Å². The number of rotatable bonds is 2. The molecule has 1 saturated heterocycles. The molecule has 1 aromatic heterocycles. The van der Waals surface area contributed by atoms with Crippen molar-refractivity contribution in [2.75, 3.05) is 31.5 Å². The minimum atomic E-state index is -0.547. The van der Waals surface area contributed by atoms with Crippen molar-refractivity contribution in [3.8, 4) is 0 Å². The normalized spacial score (nSPS) is 16.4. The van der Waals surface area contributed by atoms with Crippen LogP contribution in [0.3, 0.4) is 0 Å². The van der Waals surface area contributed by atoms with E-state index in [2.05, 4.69) is 20.7 Å². The van der Waals surface area contributed by atoms with Gasteiger partial charge in [-0.1, -0.05) is 11.6 Å². The van der Waals surface area contributed by atoms with Gasteiger partial charge in [-0.3, -0.25) is 0 Å². The van der Waals surface area contributed by atoms with Crippen LogP contribution in [-0.2, 0) is 0 Å². The Morgan fingerprint density at radius 1 is 1.29 bits per heavy atom. The van der Waals surface area contributed by atoms with Gasteiger partial charge in [0.25, 0.3) is 0 Å². The third-order valence-electron chi connectivity index (χ3n) is 4.70. The molecule has 0 radical (unpaired) electrons. The lowest BCUT2D eigenvalue weighted by Gasteiger charge is -2.35. The van der Waals surface area contributed by atoms with Crippen LogP contribution >= 0.6 is 11.6 Å². The molecule has 1 aromatic carbocycles. The van der Waals surface area contributed by atoms with Crippen molar-refractivity contribution in [2.24, 2.45) is 0 Å². The Bertz CT molecular complexity index is 983. The highest BCUT2D eigenvalue weighted by Crippen LogP contribution is 2.27. The summed E-state index contributed by atoms with van der Waals surface area (Å²) in [5, 5.41) is 4.62. The van der Waals surface area contributed by atoms with Crippen molar-refractivity contribution in [3.05, 3.63) is 58.3 Å². The van der Waals surface area contributed by atoms with Gasteiger partial charge in [-0.05, 0) is 25.1 Å². The van der Waals surface area contributed by atoms with Gasteiger partial charge in [-0.25, -0.2) is 29.0 Å². The van der Waals surface area contributed by atoms with Crippen molar-refractivity contribution in [1.29, 1.82) is 0 Å². The van der Waals surface area contributed by atoms with E-state index >= 15 is 0 Å². The van der Waals surface area contributed by atoms with Crippen molar-refractivity contribution < 1.29 is 13.6 Å². The lowest BCUT2D eigenvalue weighted by Crippen LogP contribution is -2.50. The van der Waals surface area contributed by atoms with Gasteiger partial charge in [-0.2, -0.15) is 0 Å². The molecule has 10 heteroatoms. The third kappa shape index (κ3) is 3.50. The predicted molar refractivity (Wildman–Crippen MR) is 100 cm³/mol. The molecule has 2 N–H and O–H groups in total. The summed E-state index contributed by atoms with van der Waals surface area (Å²) in [6.07, 6.45) is 1.15. The Morgan fingerprint density at radius 2 is 2.11 bits per heavy atom. The highest BCUT2D eigenvalue weighted by molar-refractivity contribution is 6.31.